The van der Waals surface area contributed by atoms with E-state index in [1.165, 1.54) is 0 Å². The summed E-state index contributed by atoms with van der Waals surface area (Å²) in [5.41, 5.74) is 4.57. The van der Waals surface area contributed by atoms with Gasteiger partial charge in [0.15, 0.2) is 5.58 Å². The van der Waals surface area contributed by atoms with Gasteiger partial charge in [-0.05, 0) is 35.7 Å². The van der Waals surface area contributed by atoms with Crippen molar-refractivity contribution < 1.29 is 4.42 Å². The van der Waals surface area contributed by atoms with Crippen LogP contribution in [0, 0.1) is 0 Å². The summed E-state index contributed by atoms with van der Waals surface area (Å²) < 4.78 is 6.02. The van der Waals surface area contributed by atoms with Gasteiger partial charge in [0.1, 0.15) is 5.52 Å². The van der Waals surface area contributed by atoms with E-state index in [1.807, 2.05) is 66.1 Å². The molecule has 3 heterocycles. The highest BCUT2D eigenvalue weighted by molar-refractivity contribution is 7.13. The third-order valence-corrected chi connectivity index (χ3v) is 4.96. The van der Waals surface area contributed by atoms with E-state index >= 15 is 0 Å². The van der Waals surface area contributed by atoms with Crippen LogP contribution in [0.1, 0.15) is 11.3 Å². The molecule has 4 nitrogen and oxygen atoms in total. The fourth-order valence-corrected chi connectivity index (χ4v) is 3.54. The summed E-state index contributed by atoms with van der Waals surface area (Å²) in [5, 5.41) is 10.5. The Labute approximate surface area is 147 Å². The smallest absolute Gasteiger partial charge is 0.237 e. The first-order chi connectivity index (χ1) is 12.4. The number of fused-ring (bicyclic) bond motifs is 2. The average Bonchev–Trinajstić information content (AvgIpc) is 3.38. The molecule has 0 aliphatic heterocycles. The Kier molecular flexibility index (Phi) is 3.24. The number of benzene rings is 2. The molecule has 0 amide bonds. The van der Waals surface area contributed by atoms with Gasteiger partial charge < -0.3 is 4.42 Å². The maximum Gasteiger partial charge on any atom is 0.237 e. The molecule has 25 heavy (non-hydrogen) atoms. The van der Waals surface area contributed by atoms with E-state index in [4.69, 9.17) is 4.42 Å². The first kappa shape index (κ1) is 14.2. The minimum absolute atomic E-state index is 0.663. The van der Waals surface area contributed by atoms with E-state index in [1.54, 1.807) is 11.3 Å². The second-order valence-corrected chi connectivity index (χ2v) is 6.63. The van der Waals surface area contributed by atoms with Gasteiger partial charge in [0.2, 0.25) is 5.89 Å². The molecule has 0 atom stereocenters. The minimum Gasteiger partial charge on any atom is -0.435 e. The normalized spacial score (nSPS) is 11.8. The van der Waals surface area contributed by atoms with Gasteiger partial charge in [-0.3, -0.25) is 5.10 Å². The number of aromatic nitrogens is 3. The van der Waals surface area contributed by atoms with Crippen molar-refractivity contribution in [3.8, 4) is 10.8 Å². The lowest BCUT2D eigenvalue weighted by Crippen LogP contribution is -1.76. The Bertz CT molecular complexity index is 1200. The van der Waals surface area contributed by atoms with Crippen molar-refractivity contribution in [1.29, 1.82) is 0 Å². The van der Waals surface area contributed by atoms with E-state index in [2.05, 4.69) is 21.2 Å². The summed E-state index contributed by atoms with van der Waals surface area (Å²) in [6.07, 6.45) is 4.02. The summed E-state index contributed by atoms with van der Waals surface area (Å²) in [6.45, 7) is 0. The zero-order valence-electron chi connectivity index (χ0n) is 13.1. The van der Waals surface area contributed by atoms with Crippen LogP contribution < -0.4 is 0 Å². The van der Waals surface area contributed by atoms with Gasteiger partial charge in [0, 0.05) is 10.9 Å². The molecule has 0 unspecified atom stereocenters. The van der Waals surface area contributed by atoms with Gasteiger partial charge in [-0.25, -0.2) is 4.98 Å². The van der Waals surface area contributed by atoms with E-state index in [9.17, 15) is 0 Å². The highest BCUT2D eigenvalue weighted by Gasteiger charge is 2.11. The maximum atomic E-state index is 6.02. The maximum absolute atomic E-state index is 6.02. The Morgan fingerprint density at radius 3 is 2.84 bits per heavy atom. The largest absolute Gasteiger partial charge is 0.435 e. The summed E-state index contributed by atoms with van der Waals surface area (Å²) in [6, 6.07) is 18.1. The highest BCUT2D eigenvalue weighted by atomic mass is 32.1. The lowest BCUT2D eigenvalue weighted by molar-refractivity contribution is 0.621. The second kappa shape index (κ2) is 5.72. The average molecular weight is 343 g/mol. The third-order valence-electron chi connectivity index (χ3n) is 4.10. The van der Waals surface area contributed by atoms with Crippen molar-refractivity contribution in [2.75, 3.05) is 0 Å². The monoisotopic (exact) mass is 343 g/mol. The SMILES string of the molecule is C(=C\c1cccc2nc(-c3cccs3)oc12)/c1n[nH]c2ccccc12. The molecule has 3 aromatic heterocycles. The predicted molar refractivity (Wildman–Crippen MR) is 102 cm³/mol. The molecule has 0 saturated carbocycles. The van der Waals surface area contributed by atoms with E-state index in [0.29, 0.717) is 5.89 Å². The Balaban J connectivity index is 1.58. The fraction of sp³-hybridized carbons (Fsp3) is 0. The van der Waals surface area contributed by atoms with Crippen molar-refractivity contribution >= 4 is 45.5 Å². The molecule has 5 rings (SSSR count). The second-order valence-electron chi connectivity index (χ2n) is 5.68. The summed E-state index contributed by atoms with van der Waals surface area (Å²) in [5.74, 6) is 0.663. The van der Waals surface area contributed by atoms with Crippen molar-refractivity contribution in [1.82, 2.24) is 15.2 Å². The van der Waals surface area contributed by atoms with Crippen LogP contribution in [0.3, 0.4) is 0 Å². The zero-order chi connectivity index (χ0) is 16.6. The number of oxazole rings is 1. The number of thiophene rings is 1. The number of hydrogen-bond acceptors (Lipinski definition) is 4. The molecule has 0 radical (unpaired) electrons. The van der Waals surface area contributed by atoms with Crippen LogP contribution in [0.15, 0.2) is 64.4 Å². The van der Waals surface area contributed by atoms with Crippen LogP contribution in [0.4, 0.5) is 0 Å². The summed E-state index contributed by atoms with van der Waals surface area (Å²) in [7, 11) is 0. The zero-order valence-corrected chi connectivity index (χ0v) is 14.0. The molecule has 5 aromatic rings. The number of hydrogen-bond donors (Lipinski definition) is 1. The molecule has 0 aliphatic rings. The number of nitrogens with one attached hydrogen (secondary N) is 1. The van der Waals surface area contributed by atoms with Gasteiger partial charge in [0.25, 0.3) is 0 Å². The number of nitrogens with zero attached hydrogens (tertiary/aromatic N) is 2. The van der Waals surface area contributed by atoms with Crippen molar-refractivity contribution in [2.45, 2.75) is 0 Å². The number of aromatic amines is 1. The molecule has 2 aromatic carbocycles. The molecule has 0 fully saturated rings. The van der Waals surface area contributed by atoms with E-state index < -0.39 is 0 Å². The number of rotatable bonds is 3. The molecular formula is C20H13N3OS. The number of H-pyrrole nitrogens is 1. The van der Waals surface area contributed by atoms with Crippen LogP contribution in [0.25, 0.3) is 44.9 Å². The van der Waals surface area contributed by atoms with Gasteiger partial charge in [-0.2, -0.15) is 5.10 Å². The molecule has 1 N–H and O–H groups in total. The summed E-state index contributed by atoms with van der Waals surface area (Å²) >= 11 is 1.62. The first-order valence-corrected chi connectivity index (χ1v) is 8.81. The third kappa shape index (κ3) is 2.45. The Morgan fingerprint density at radius 2 is 1.92 bits per heavy atom. The molecule has 0 bridgehead atoms. The Hall–Kier alpha value is -3.18. The fourth-order valence-electron chi connectivity index (χ4n) is 2.89. The molecule has 0 spiro atoms. The molecule has 120 valence electrons. The van der Waals surface area contributed by atoms with Crippen LogP contribution in [0.2, 0.25) is 0 Å². The topological polar surface area (TPSA) is 54.7 Å². The van der Waals surface area contributed by atoms with E-state index in [0.717, 1.165) is 38.1 Å². The van der Waals surface area contributed by atoms with Crippen LogP contribution in [-0.2, 0) is 0 Å². The number of para-hydroxylation sites is 2. The first-order valence-electron chi connectivity index (χ1n) is 7.93. The standard InChI is InChI=1S/C20H13N3OS/c1-2-7-15-14(6-1)16(23-22-15)11-10-13-5-3-8-17-19(13)24-20(21-17)18-9-4-12-25-18/h1-12H,(H,22,23)/b11-10+. The lowest BCUT2D eigenvalue weighted by Gasteiger charge is -1.94. The Morgan fingerprint density at radius 1 is 0.960 bits per heavy atom. The molecule has 0 saturated heterocycles. The van der Waals surface area contributed by atoms with Gasteiger partial charge >= 0.3 is 0 Å². The lowest BCUT2D eigenvalue weighted by atomic mass is 10.1. The van der Waals surface area contributed by atoms with E-state index in [-0.39, 0.29) is 0 Å². The van der Waals surface area contributed by atoms with Crippen LogP contribution in [0.5, 0.6) is 0 Å². The van der Waals surface area contributed by atoms with Gasteiger partial charge in [0.05, 0.1) is 16.1 Å². The minimum atomic E-state index is 0.663. The van der Waals surface area contributed by atoms with Gasteiger partial charge in [-0.15, -0.1) is 11.3 Å². The van der Waals surface area contributed by atoms with Crippen LogP contribution in [-0.4, -0.2) is 15.2 Å². The quantitative estimate of drug-likeness (QED) is 0.464. The van der Waals surface area contributed by atoms with Crippen LogP contribution >= 0.6 is 11.3 Å². The molecule has 0 aliphatic carbocycles. The summed E-state index contributed by atoms with van der Waals surface area (Å²) in [4.78, 5) is 5.63. The molecule has 5 heteroatoms. The van der Waals surface area contributed by atoms with Crippen molar-refractivity contribution in [3.05, 3.63) is 71.2 Å². The van der Waals surface area contributed by atoms with Crippen molar-refractivity contribution in [2.24, 2.45) is 0 Å². The highest BCUT2D eigenvalue weighted by Crippen LogP contribution is 2.30. The van der Waals surface area contributed by atoms with Crippen molar-refractivity contribution in [3.63, 3.8) is 0 Å². The van der Waals surface area contributed by atoms with Gasteiger partial charge in [-0.1, -0.05) is 36.4 Å². The predicted octanol–water partition coefficient (Wildman–Crippen LogP) is 5.60. The molecular weight excluding hydrogens is 330 g/mol.